The fraction of sp³-hybridized carbons (Fsp3) is 0.750. The van der Waals surface area contributed by atoms with E-state index in [1.807, 2.05) is 0 Å². The average molecular weight is 443 g/mol. The predicted molar refractivity (Wildman–Crippen MR) is 104 cm³/mol. The van der Waals surface area contributed by atoms with Crippen molar-refractivity contribution in [2.45, 2.75) is 85.1 Å². The first kappa shape index (κ1) is 21.6. The first-order valence-corrected chi connectivity index (χ1v) is 17.4. The Bertz CT molecular complexity index is 407. The second-order valence-electron chi connectivity index (χ2n) is 7.03. The summed E-state index contributed by atoms with van der Waals surface area (Å²) in [6.45, 7) is 6.87. The fourth-order valence-corrected chi connectivity index (χ4v) is 17.8. The summed E-state index contributed by atoms with van der Waals surface area (Å²) in [7, 11) is 1.62. The van der Waals surface area contributed by atoms with Crippen LogP contribution in [0.5, 0.6) is 0 Å². The molecule has 1 aliphatic rings. The van der Waals surface area contributed by atoms with Crippen LogP contribution in [-0.4, -0.2) is 37.6 Å². The minimum absolute atomic E-state index is 0.140. The van der Waals surface area contributed by atoms with E-state index >= 15 is 0 Å². The molecule has 0 aromatic heterocycles. The Labute approximate surface area is 152 Å². The Kier molecular flexibility index (Phi) is 10.8. The van der Waals surface area contributed by atoms with Gasteiger partial charge in [-0.25, -0.2) is 0 Å². The number of cyclic esters (lactones) is 1. The van der Waals surface area contributed by atoms with E-state index in [9.17, 15) is 4.79 Å². The number of esters is 1. The van der Waals surface area contributed by atoms with Gasteiger partial charge in [-0.15, -0.1) is 0 Å². The van der Waals surface area contributed by atoms with Crippen molar-refractivity contribution >= 4 is 24.3 Å². The Morgan fingerprint density at radius 2 is 1.67 bits per heavy atom. The van der Waals surface area contributed by atoms with E-state index in [0.29, 0.717) is 6.42 Å². The molecule has 0 spiro atoms. The zero-order valence-corrected chi connectivity index (χ0v) is 19.0. The summed E-state index contributed by atoms with van der Waals surface area (Å²) < 4.78 is 17.6. The van der Waals surface area contributed by atoms with Gasteiger partial charge in [0.25, 0.3) is 0 Å². The molecule has 1 heterocycles. The number of hydrogen-bond donors (Lipinski definition) is 0. The predicted octanol–water partition coefficient (Wildman–Crippen LogP) is 5.78. The molecule has 0 fully saturated rings. The van der Waals surface area contributed by atoms with Gasteiger partial charge in [0, 0.05) is 0 Å². The van der Waals surface area contributed by atoms with E-state index < -0.39 is 18.4 Å². The Hall–Kier alpha value is -0.451. The van der Waals surface area contributed by atoms with Crippen molar-refractivity contribution in [3.8, 4) is 0 Å². The van der Waals surface area contributed by atoms with Crippen LogP contribution in [0.4, 0.5) is 0 Å². The van der Waals surface area contributed by atoms with Crippen molar-refractivity contribution in [1.82, 2.24) is 0 Å². The van der Waals surface area contributed by atoms with Crippen LogP contribution in [0.3, 0.4) is 0 Å². The van der Waals surface area contributed by atoms with Gasteiger partial charge in [-0.2, -0.15) is 0 Å². The van der Waals surface area contributed by atoms with E-state index in [1.54, 1.807) is 7.11 Å². The van der Waals surface area contributed by atoms with Crippen LogP contribution >= 0.6 is 0 Å². The van der Waals surface area contributed by atoms with Crippen molar-refractivity contribution in [3.05, 3.63) is 22.0 Å². The van der Waals surface area contributed by atoms with Crippen LogP contribution in [0.1, 0.15) is 65.7 Å². The van der Waals surface area contributed by atoms with E-state index in [4.69, 9.17) is 9.47 Å². The molecule has 0 aromatic carbocycles. The molecule has 4 heteroatoms. The molecule has 138 valence electrons. The molecule has 1 atom stereocenters. The number of rotatable bonds is 12. The Morgan fingerprint density at radius 1 is 1.12 bits per heavy atom. The maximum atomic E-state index is 11.7. The van der Waals surface area contributed by atoms with E-state index in [-0.39, 0.29) is 12.1 Å². The topological polar surface area (TPSA) is 35.5 Å². The molecular formula is C20H36O3Sn. The van der Waals surface area contributed by atoms with Gasteiger partial charge in [0.15, 0.2) is 0 Å². The summed E-state index contributed by atoms with van der Waals surface area (Å²) >= 11 is -2.29. The molecule has 0 saturated carbocycles. The molecule has 0 amide bonds. The second kappa shape index (κ2) is 12.0. The zero-order valence-electron chi connectivity index (χ0n) is 16.1. The first-order chi connectivity index (χ1) is 11.6. The quantitative estimate of drug-likeness (QED) is 0.284. The molecule has 0 bridgehead atoms. The van der Waals surface area contributed by atoms with Crippen LogP contribution in [-0.2, 0) is 14.3 Å². The third kappa shape index (κ3) is 7.62. The molecule has 1 aliphatic heterocycles. The number of hydrogen-bond acceptors (Lipinski definition) is 3. The molecule has 0 radical (unpaired) electrons. The fourth-order valence-electron chi connectivity index (χ4n) is 3.39. The van der Waals surface area contributed by atoms with Gasteiger partial charge in [0.05, 0.1) is 0 Å². The SMILES string of the molecule is CCC[CH2][Sn](/[CH]=C/[C@H]1CC(OC)=CC(=O)O1)([CH2]CCC)[CH2]CCC. The van der Waals surface area contributed by atoms with Gasteiger partial charge in [-0.1, -0.05) is 0 Å². The number of carbonyl (C=O) groups excluding carboxylic acids is 1. The van der Waals surface area contributed by atoms with Crippen LogP contribution in [0.15, 0.2) is 22.0 Å². The average Bonchev–Trinajstić information content (AvgIpc) is 2.60. The molecule has 0 aromatic rings. The van der Waals surface area contributed by atoms with Crippen LogP contribution in [0, 0.1) is 0 Å². The standard InChI is InChI=1S/C8H9O3.3C4H9.Sn/c1-3-6-4-7(10-2)5-8(9)11-6;3*1-3-4-2;/h1,3,5-6H,4H2,2H3;3*1,3-4H2,2H3;/t6-;;;;/m0..../s1. The second-order valence-corrected chi connectivity index (χ2v) is 20.0. The molecular weight excluding hydrogens is 407 g/mol. The Morgan fingerprint density at radius 3 is 2.12 bits per heavy atom. The van der Waals surface area contributed by atoms with Crippen LogP contribution in [0.2, 0.25) is 13.3 Å². The molecule has 0 aliphatic carbocycles. The van der Waals surface area contributed by atoms with Crippen molar-refractivity contribution in [3.63, 3.8) is 0 Å². The summed E-state index contributed by atoms with van der Waals surface area (Å²) in [5, 5.41) is 0. The van der Waals surface area contributed by atoms with Crippen molar-refractivity contribution in [1.29, 1.82) is 0 Å². The first-order valence-electron chi connectivity index (χ1n) is 9.73. The molecule has 1 rings (SSSR count). The van der Waals surface area contributed by atoms with Gasteiger partial charge in [-0.05, 0) is 0 Å². The number of unbranched alkanes of at least 4 members (excludes halogenated alkanes) is 3. The third-order valence-electron chi connectivity index (χ3n) is 4.96. The molecule has 0 saturated heterocycles. The van der Waals surface area contributed by atoms with E-state index in [0.717, 1.165) is 5.76 Å². The van der Waals surface area contributed by atoms with Crippen molar-refractivity contribution in [2.75, 3.05) is 7.11 Å². The monoisotopic (exact) mass is 444 g/mol. The Balaban J connectivity index is 2.87. The summed E-state index contributed by atoms with van der Waals surface area (Å²) in [6, 6.07) is 0. The van der Waals surface area contributed by atoms with Gasteiger partial charge < -0.3 is 0 Å². The normalized spacial score (nSPS) is 18.6. The van der Waals surface area contributed by atoms with Crippen molar-refractivity contribution < 1.29 is 14.3 Å². The van der Waals surface area contributed by atoms with E-state index in [1.165, 1.54) is 57.9 Å². The maximum absolute atomic E-state index is 11.7. The number of carbonyl (C=O) groups is 1. The third-order valence-corrected chi connectivity index (χ3v) is 19.1. The number of methoxy groups -OCH3 is 1. The van der Waals surface area contributed by atoms with Gasteiger partial charge in [0.2, 0.25) is 0 Å². The van der Waals surface area contributed by atoms with E-state index in [2.05, 4.69) is 30.9 Å². The molecule has 0 unspecified atom stereocenters. The van der Waals surface area contributed by atoms with Gasteiger partial charge in [0.1, 0.15) is 0 Å². The summed E-state index contributed by atoms with van der Waals surface area (Å²) in [5.41, 5.74) is 0. The van der Waals surface area contributed by atoms with Crippen LogP contribution < -0.4 is 0 Å². The molecule has 3 nitrogen and oxygen atoms in total. The summed E-state index contributed by atoms with van der Waals surface area (Å²) in [4.78, 5) is 11.7. The van der Waals surface area contributed by atoms with Gasteiger partial charge in [-0.3, -0.25) is 0 Å². The minimum atomic E-state index is -2.29. The molecule has 0 N–H and O–H groups in total. The number of ether oxygens (including phenoxy) is 2. The van der Waals surface area contributed by atoms with Crippen molar-refractivity contribution in [2.24, 2.45) is 0 Å². The van der Waals surface area contributed by atoms with Crippen LogP contribution in [0.25, 0.3) is 0 Å². The summed E-state index contributed by atoms with van der Waals surface area (Å²) in [6.07, 6.45) is 12.1. The summed E-state index contributed by atoms with van der Waals surface area (Å²) in [5.74, 6) is 0.460. The zero-order chi connectivity index (χ0) is 17.8. The van der Waals surface area contributed by atoms with Gasteiger partial charge >= 0.3 is 153 Å². The molecule has 24 heavy (non-hydrogen) atoms.